The lowest BCUT2D eigenvalue weighted by Gasteiger charge is -2.13. The number of thioether (sulfide) groups is 1. The van der Waals surface area contributed by atoms with Gasteiger partial charge in [0.15, 0.2) is 5.75 Å². The summed E-state index contributed by atoms with van der Waals surface area (Å²) in [6, 6.07) is 26.7. The Bertz CT molecular complexity index is 1430. The first-order valence-electron chi connectivity index (χ1n) is 10.4. The van der Waals surface area contributed by atoms with E-state index in [1.54, 1.807) is 36.4 Å². The number of benzene rings is 4. The summed E-state index contributed by atoms with van der Waals surface area (Å²) in [6.07, 6.45) is 1.67. The molecule has 1 fully saturated rings. The van der Waals surface area contributed by atoms with Gasteiger partial charge in [0, 0.05) is 0 Å². The number of ether oxygens (including phenoxy) is 1. The second-order valence-corrected chi connectivity index (χ2v) is 9.85. The van der Waals surface area contributed by atoms with Gasteiger partial charge in [0.05, 0.1) is 20.1 Å². The van der Waals surface area contributed by atoms with Crippen LogP contribution in [0.1, 0.15) is 11.1 Å². The Morgan fingerprint density at radius 1 is 0.941 bits per heavy atom. The summed E-state index contributed by atoms with van der Waals surface area (Å²) in [5.74, 6) is 0.161. The molecule has 0 aromatic heterocycles. The number of para-hydroxylation sites is 1. The highest BCUT2D eigenvalue weighted by Gasteiger charge is 2.36. The average molecular weight is 551 g/mol. The van der Waals surface area contributed by atoms with E-state index < -0.39 is 0 Å². The second kappa shape index (κ2) is 9.66. The Morgan fingerprint density at radius 2 is 1.68 bits per heavy atom. The molecule has 0 bridgehead atoms. The van der Waals surface area contributed by atoms with Crippen molar-refractivity contribution in [3.63, 3.8) is 0 Å². The Morgan fingerprint density at radius 3 is 2.47 bits per heavy atom. The Hall–Kier alpha value is -3.06. The number of hydrogen-bond acceptors (Lipinski definition) is 4. The average Bonchev–Trinajstić information content (AvgIpc) is 3.11. The lowest BCUT2D eigenvalue weighted by molar-refractivity contribution is -0.113. The first kappa shape index (κ1) is 22.7. The summed E-state index contributed by atoms with van der Waals surface area (Å²) in [6.45, 7) is 0.356. The van der Waals surface area contributed by atoms with Gasteiger partial charge in [-0.2, -0.15) is 0 Å². The van der Waals surface area contributed by atoms with E-state index in [2.05, 4.69) is 34.1 Å². The van der Waals surface area contributed by atoms with Crippen molar-refractivity contribution in [3.8, 4) is 5.75 Å². The molecule has 1 heterocycles. The lowest BCUT2D eigenvalue weighted by Crippen LogP contribution is -2.27. The molecule has 2 amide bonds. The molecule has 1 aliphatic rings. The van der Waals surface area contributed by atoms with Crippen molar-refractivity contribution in [2.75, 3.05) is 4.90 Å². The smallest absolute Gasteiger partial charge is 0.298 e. The monoisotopic (exact) mass is 549 g/mol. The number of hydrogen-bond donors (Lipinski definition) is 0. The van der Waals surface area contributed by atoms with Crippen molar-refractivity contribution in [1.29, 1.82) is 0 Å². The van der Waals surface area contributed by atoms with E-state index in [1.165, 1.54) is 4.90 Å². The van der Waals surface area contributed by atoms with Crippen LogP contribution in [0.4, 0.5) is 10.5 Å². The molecule has 4 aromatic rings. The molecule has 0 aliphatic carbocycles. The standard InChI is InChI=1S/C27H17BrClNO3S/c28-22-13-17(15-24-26(31)30(27(32)34-24)20-10-2-1-3-11-20)14-23(29)25(22)33-16-19-9-6-8-18-7-4-5-12-21(18)19/h1-15H,16H2/b24-15-. The third kappa shape index (κ3) is 4.49. The number of amides is 2. The van der Waals surface area contributed by atoms with Crippen molar-refractivity contribution in [1.82, 2.24) is 0 Å². The Kier molecular flexibility index (Phi) is 6.46. The maximum atomic E-state index is 12.9. The largest absolute Gasteiger partial charge is 0.486 e. The zero-order valence-corrected chi connectivity index (χ0v) is 20.9. The molecule has 1 aliphatic heterocycles. The maximum absolute atomic E-state index is 12.9. The quantitative estimate of drug-likeness (QED) is 0.236. The molecule has 7 heteroatoms. The highest BCUT2D eigenvalue weighted by atomic mass is 79.9. The SMILES string of the molecule is O=C1S/C(=C\c2cc(Cl)c(OCc3cccc4ccccc34)c(Br)c2)C(=O)N1c1ccccc1. The van der Waals surface area contributed by atoms with Gasteiger partial charge in [-0.05, 0) is 79.9 Å². The lowest BCUT2D eigenvalue weighted by atomic mass is 10.1. The number of carbonyl (C=O) groups is 2. The number of rotatable bonds is 5. The molecule has 0 unspecified atom stereocenters. The highest BCUT2D eigenvalue weighted by molar-refractivity contribution is 9.10. The number of carbonyl (C=O) groups excluding carboxylic acids is 2. The van der Waals surface area contributed by atoms with E-state index in [9.17, 15) is 9.59 Å². The summed E-state index contributed by atoms with van der Waals surface area (Å²) < 4.78 is 6.73. The summed E-state index contributed by atoms with van der Waals surface area (Å²) in [5, 5.41) is 2.35. The molecule has 5 rings (SSSR count). The van der Waals surface area contributed by atoms with Gasteiger partial charge in [0.1, 0.15) is 6.61 Å². The predicted molar refractivity (Wildman–Crippen MR) is 142 cm³/mol. The molecule has 0 spiro atoms. The number of imide groups is 1. The number of fused-ring (bicyclic) bond motifs is 1. The molecule has 34 heavy (non-hydrogen) atoms. The molecule has 0 saturated carbocycles. The van der Waals surface area contributed by atoms with Crippen LogP contribution in [0.5, 0.6) is 5.75 Å². The molecular formula is C27H17BrClNO3S. The van der Waals surface area contributed by atoms with Crippen molar-refractivity contribution < 1.29 is 14.3 Å². The minimum absolute atomic E-state index is 0.331. The van der Waals surface area contributed by atoms with Gasteiger partial charge >= 0.3 is 0 Å². The molecule has 1 saturated heterocycles. The molecule has 0 radical (unpaired) electrons. The first-order chi connectivity index (χ1) is 16.5. The molecule has 4 aromatic carbocycles. The fraction of sp³-hybridized carbons (Fsp3) is 0.0370. The van der Waals surface area contributed by atoms with Gasteiger partial charge in [0.25, 0.3) is 11.1 Å². The predicted octanol–water partition coefficient (Wildman–Crippen LogP) is 8.08. The molecular weight excluding hydrogens is 534 g/mol. The van der Waals surface area contributed by atoms with Gasteiger partial charge in [0.2, 0.25) is 0 Å². The summed E-state index contributed by atoms with van der Waals surface area (Å²) in [7, 11) is 0. The van der Waals surface area contributed by atoms with Crippen LogP contribution in [0.25, 0.3) is 16.8 Å². The van der Waals surface area contributed by atoms with Crippen LogP contribution in [0.3, 0.4) is 0 Å². The van der Waals surface area contributed by atoms with Gasteiger partial charge < -0.3 is 4.74 Å². The van der Waals surface area contributed by atoms with Gasteiger partial charge in [-0.3, -0.25) is 9.59 Å². The van der Waals surface area contributed by atoms with E-state index in [1.807, 2.05) is 36.4 Å². The van der Waals surface area contributed by atoms with Gasteiger partial charge in [-0.15, -0.1) is 0 Å². The Labute approximate surface area is 214 Å². The van der Waals surface area contributed by atoms with Gasteiger partial charge in [-0.25, -0.2) is 4.90 Å². The molecule has 4 nitrogen and oxygen atoms in total. The van der Waals surface area contributed by atoms with Crippen molar-refractivity contribution in [2.45, 2.75) is 6.61 Å². The molecule has 0 atom stereocenters. The van der Waals surface area contributed by atoms with Crippen LogP contribution in [0, 0.1) is 0 Å². The van der Waals surface area contributed by atoms with Crippen LogP contribution in [-0.4, -0.2) is 11.1 Å². The fourth-order valence-corrected chi connectivity index (χ4v) is 5.62. The normalized spacial score (nSPS) is 14.9. The van der Waals surface area contributed by atoms with Crippen molar-refractivity contribution in [2.24, 2.45) is 0 Å². The van der Waals surface area contributed by atoms with E-state index >= 15 is 0 Å². The maximum Gasteiger partial charge on any atom is 0.298 e. The summed E-state index contributed by atoms with van der Waals surface area (Å²) in [4.78, 5) is 26.8. The van der Waals surface area contributed by atoms with Crippen molar-refractivity contribution >= 4 is 73.0 Å². The third-order valence-electron chi connectivity index (χ3n) is 5.38. The molecule has 168 valence electrons. The summed E-state index contributed by atoms with van der Waals surface area (Å²) >= 11 is 11.0. The van der Waals surface area contributed by atoms with Crippen LogP contribution in [0.15, 0.2) is 94.3 Å². The molecule has 0 N–H and O–H groups in total. The zero-order valence-electron chi connectivity index (χ0n) is 17.7. The van der Waals surface area contributed by atoms with Gasteiger partial charge in [-0.1, -0.05) is 72.3 Å². The topological polar surface area (TPSA) is 46.6 Å². The van der Waals surface area contributed by atoms with Crippen LogP contribution >= 0.6 is 39.3 Å². The Balaban J connectivity index is 1.38. The summed E-state index contributed by atoms with van der Waals surface area (Å²) in [5.41, 5.74) is 2.29. The minimum Gasteiger partial charge on any atom is -0.486 e. The van der Waals surface area contributed by atoms with E-state index in [0.29, 0.717) is 38.0 Å². The van der Waals surface area contributed by atoms with E-state index in [-0.39, 0.29) is 11.1 Å². The fourth-order valence-electron chi connectivity index (χ4n) is 3.79. The first-order valence-corrected chi connectivity index (χ1v) is 12.4. The highest BCUT2D eigenvalue weighted by Crippen LogP contribution is 2.39. The zero-order chi connectivity index (χ0) is 23.7. The minimum atomic E-state index is -0.357. The second-order valence-electron chi connectivity index (χ2n) is 7.59. The number of anilines is 1. The van der Waals surface area contributed by atoms with E-state index in [0.717, 1.165) is 28.1 Å². The number of halogens is 2. The van der Waals surface area contributed by atoms with Crippen LogP contribution in [0.2, 0.25) is 5.02 Å². The van der Waals surface area contributed by atoms with Crippen molar-refractivity contribution in [3.05, 3.63) is 110 Å². The van der Waals surface area contributed by atoms with E-state index in [4.69, 9.17) is 16.3 Å². The third-order valence-corrected chi connectivity index (χ3v) is 7.12. The number of nitrogens with zero attached hydrogens (tertiary/aromatic N) is 1. The van der Waals surface area contributed by atoms with Crippen LogP contribution in [-0.2, 0) is 11.4 Å². The van der Waals surface area contributed by atoms with Crippen LogP contribution < -0.4 is 9.64 Å².